The van der Waals surface area contributed by atoms with Gasteiger partial charge in [0.15, 0.2) is 0 Å². The first-order valence-corrected chi connectivity index (χ1v) is 6.72. The quantitative estimate of drug-likeness (QED) is 0.860. The summed E-state index contributed by atoms with van der Waals surface area (Å²) in [6.07, 6.45) is 0. The van der Waals surface area contributed by atoms with Gasteiger partial charge in [0, 0.05) is 14.6 Å². The molecule has 1 nitrogen and oxygen atoms in total. The second-order valence-corrected chi connectivity index (χ2v) is 6.16. The molecule has 0 spiro atoms. The average Bonchev–Trinajstić information content (AvgIpc) is 2.71. The van der Waals surface area contributed by atoms with Gasteiger partial charge in [-0.2, -0.15) is 0 Å². The maximum absolute atomic E-state index is 6.21. The lowest BCUT2D eigenvalue weighted by molar-refractivity contribution is 0.908. The minimum absolute atomic E-state index is 0.0730. The van der Waals surface area contributed by atoms with Crippen molar-refractivity contribution in [2.24, 2.45) is 5.73 Å². The van der Waals surface area contributed by atoms with Crippen LogP contribution in [-0.4, -0.2) is 0 Å². The highest BCUT2D eigenvalue weighted by molar-refractivity contribution is 7.13. The highest BCUT2D eigenvalue weighted by atomic mass is 35.5. The van der Waals surface area contributed by atoms with Crippen LogP contribution in [0.1, 0.15) is 26.2 Å². The van der Waals surface area contributed by atoms with Crippen molar-refractivity contribution in [1.29, 1.82) is 0 Å². The summed E-state index contributed by atoms with van der Waals surface area (Å²) in [6, 6.07) is 4.00. The van der Waals surface area contributed by atoms with Crippen LogP contribution in [0.25, 0.3) is 0 Å². The lowest BCUT2D eigenvalue weighted by Crippen LogP contribution is -2.09. The number of nitrogens with two attached hydrogens (primary N) is 1. The Hall–Kier alpha value is -0.350. The van der Waals surface area contributed by atoms with E-state index in [-0.39, 0.29) is 6.04 Å². The smallest absolute Gasteiger partial charge is 0.0757 e. The molecule has 0 saturated carbocycles. The van der Waals surface area contributed by atoms with Crippen LogP contribution < -0.4 is 5.73 Å². The SMILES string of the molecule is Cc1cc(C)c(C(N)c2sccc2Cl)s1. The monoisotopic (exact) mass is 257 g/mol. The van der Waals surface area contributed by atoms with E-state index in [1.54, 1.807) is 22.7 Å². The molecule has 0 aromatic carbocycles. The van der Waals surface area contributed by atoms with Gasteiger partial charge in [0.25, 0.3) is 0 Å². The summed E-state index contributed by atoms with van der Waals surface area (Å²) in [6.45, 7) is 4.20. The van der Waals surface area contributed by atoms with Crippen LogP contribution in [0, 0.1) is 13.8 Å². The molecule has 2 aromatic rings. The molecule has 2 heterocycles. The van der Waals surface area contributed by atoms with E-state index in [1.165, 1.54) is 15.3 Å². The van der Waals surface area contributed by atoms with Crippen molar-refractivity contribution < 1.29 is 0 Å². The highest BCUT2D eigenvalue weighted by Crippen LogP contribution is 2.36. The Bertz CT molecular complexity index is 473. The van der Waals surface area contributed by atoms with E-state index in [4.69, 9.17) is 17.3 Å². The molecule has 0 radical (unpaired) electrons. The van der Waals surface area contributed by atoms with E-state index in [0.717, 1.165) is 9.90 Å². The van der Waals surface area contributed by atoms with Gasteiger partial charge in [0.2, 0.25) is 0 Å². The highest BCUT2D eigenvalue weighted by Gasteiger charge is 2.17. The van der Waals surface area contributed by atoms with E-state index in [0.29, 0.717) is 0 Å². The van der Waals surface area contributed by atoms with Crippen LogP contribution >= 0.6 is 34.3 Å². The summed E-state index contributed by atoms with van der Waals surface area (Å²) in [5.41, 5.74) is 7.47. The first kappa shape index (κ1) is 11.1. The molecule has 80 valence electrons. The molecule has 2 rings (SSSR count). The standard InChI is InChI=1S/C11H12ClNS2/c1-6-5-7(2)15-10(6)9(13)11-8(12)3-4-14-11/h3-5,9H,13H2,1-2H3. The molecular weight excluding hydrogens is 246 g/mol. The summed E-state index contributed by atoms with van der Waals surface area (Å²) >= 11 is 9.45. The Labute approximate surface area is 103 Å². The molecular formula is C11H12ClNS2. The third kappa shape index (κ3) is 2.11. The molecule has 0 bridgehead atoms. The fraction of sp³-hybridized carbons (Fsp3) is 0.273. The zero-order chi connectivity index (χ0) is 11.0. The summed E-state index contributed by atoms with van der Waals surface area (Å²) < 4.78 is 0. The van der Waals surface area contributed by atoms with Crippen LogP contribution in [0.15, 0.2) is 17.5 Å². The lowest BCUT2D eigenvalue weighted by Gasteiger charge is -2.09. The molecule has 2 aromatic heterocycles. The minimum atomic E-state index is -0.0730. The third-order valence-corrected chi connectivity index (χ3v) is 4.97. The minimum Gasteiger partial charge on any atom is -0.319 e. The molecule has 1 unspecified atom stereocenters. The molecule has 0 aliphatic carbocycles. The summed E-state index contributed by atoms with van der Waals surface area (Å²) in [4.78, 5) is 3.57. The van der Waals surface area contributed by atoms with E-state index in [9.17, 15) is 0 Å². The Balaban J connectivity index is 2.40. The number of rotatable bonds is 2. The Morgan fingerprint density at radius 2 is 2.07 bits per heavy atom. The normalized spacial score (nSPS) is 13.1. The predicted molar refractivity (Wildman–Crippen MR) is 69.2 cm³/mol. The molecule has 0 aliphatic heterocycles. The largest absolute Gasteiger partial charge is 0.319 e. The van der Waals surface area contributed by atoms with Crippen molar-refractivity contribution in [2.45, 2.75) is 19.9 Å². The van der Waals surface area contributed by atoms with Crippen molar-refractivity contribution in [3.63, 3.8) is 0 Å². The van der Waals surface area contributed by atoms with Crippen molar-refractivity contribution in [3.05, 3.63) is 42.7 Å². The van der Waals surface area contributed by atoms with E-state index in [1.807, 2.05) is 11.4 Å². The molecule has 0 fully saturated rings. The second kappa shape index (κ2) is 4.26. The number of halogens is 1. The summed E-state index contributed by atoms with van der Waals surface area (Å²) in [5.74, 6) is 0. The molecule has 15 heavy (non-hydrogen) atoms. The molecule has 2 N–H and O–H groups in total. The van der Waals surface area contributed by atoms with Crippen LogP contribution in [0.3, 0.4) is 0 Å². The van der Waals surface area contributed by atoms with Crippen LogP contribution in [0.4, 0.5) is 0 Å². The van der Waals surface area contributed by atoms with Crippen LogP contribution in [0.2, 0.25) is 5.02 Å². The second-order valence-electron chi connectivity index (χ2n) is 3.51. The van der Waals surface area contributed by atoms with Crippen LogP contribution in [0.5, 0.6) is 0 Å². The summed E-state index contributed by atoms with van der Waals surface area (Å²) in [5, 5.41) is 2.76. The van der Waals surface area contributed by atoms with Gasteiger partial charge in [0.1, 0.15) is 0 Å². The number of hydrogen-bond donors (Lipinski definition) is 1. The number of hydrogen-bond acceptors (Lipinski definition) is 3. The maximum Gasteiger partial charge on any atom is 0.0757 e. The number of aryl methyl sites for hydroxylation is 2. The first-order valence-electron chi connectivity index (χ1n) is 4.65. The van der Waals surface area contributed by atoms with Crippen molar-refractivity contribution in [2.75, 3.05) is 0 Å². The Morgan fingerprint density at radius 1 is 1.33 bits per heavy atom. The van der Waals surface area contributed by atoms with E-state index in [2.05, 4.69) is 19.9 Å². The van der Waals surface area contributed by atoms with Gasteiger partial charge in [-0.25, -0.2) is 0 Å². The lowest BCUT2D eigenvalue weighted by atomic mass is 10.1. The maximum atomic E-state index is 6.21. The van der Waals surface area contributed by atoms with E-state index >= 15 is 0 Å². The fourth-order valence-electron chi connectivity index (χ4n) is 1.61. The fourth-order valence-corrected chi connectivity index (χ4v) is 3.92. The molecule has 1 atom stereocenters. The van der Waals surface area contributed by atoms with E-state index < -0.39 is 0 Å². The topological polar surface area (TPSA) is 26.0 Å². The van der Waals surface area contributed by atoms with Gasteiger partial charge in [-0.3, -0.25) is 0 Å². The molecule has 0 amide bonds. The Morgan fingerprint density at radius 3 is 2.53 bits per heavy atom. The summed E-state index contributed by atoms with van der Waals surface area (Å²) in [7, 11) is 0. The zero-order valence-corrected chi connectivity index (χ0v) is 11.0. The van der Waals surface area contributed by atoms with Gasteiger partial charge in [-0.05, 0) is 36.9 Å². The van der Waals surface area contributed by atoms with Gasteiger partial charge in [0.05, 0.1) is 11.1 Å². The van der Waals surface area contributed by atoms with Gasteiger partial charge in [-0.1, -0.05) is 11.6 Å². The number of thiophene rings is 2. The van der Waals surface area contributed by atoms with Crippen molar-refractivity contribution in [1.82, 2.24) is 0 Å². The van der Waals surface area contributed by atoms with Gasteiger partial charge < -0.3 is 5.73 Å². The average molecular weight is 258 g/mol. The molecule has 0 saturated heterocycles. The zero-order valence-electron chi connectivity index (χ0n) is 8.58. The Kier molecular flexibility index (Phi) is 3.16. The molecule has 0 aliphatic rings. The van der Waals surface area contributed by atoms with Crippen molar-refractivity contribution >= 4 is 34.3 Å². The third-order valence-electron chi connectivity index (χ3n) is 2.29. The van der Waals surface area contributed by atoms with Gasteiger partial charge >= 0.3 is 0 Å². The van der Waals surface area contributed by atoms with Crippen LogP contribution in [-0.2, 0) is 0 Å². The predicted octanol–water partition coefficient (Wildman–Crippen LogP) is 4.13. The molecule has 4 heteroatoms. The van der Waals surface area contributed by atoms with Gasteiger partial charge in [-0.15, -0.1) is 22.7 Å². The first-order chi connectivity index (χ1) is 7.09. The van der Waals surface area contributed by atoms with Crippen molar-refractivity contribution in [3.8, 4) is 0 Å².